The molecular formula is C62H48B2N4. The molecule has 0 fully saturated rings. The summed E-state index contributed by atoms with van der Waals surface area (Å²) in [5, 5.41) is 5.27. The minimum atomic E-state index is -0.0643. The molecule has 0 N–H and O–H groups in total. The van der Waals surface area contributed by atoms with Gasteiger partial charge in [-0.25, -0.2) is 0 Å². The van der Waals surface area contributed by atoms with Gasteiger partial charge in [-0.1, -0.05) is 139 Å². The van der Waals surface area contributed by atoms with E-state index in [0.29, 0.717) is 0 Å². The van der Waals surface area contributed by atoms with Crippen LogP contribution in [0.25, 0.3) is 55.0 Å². The smallest absolute Gasteiger partial charge is 0.252 e. The lowest BCUT2D eigenvalue weighted by molar-refractivity contribution is 0.591. The molecule has 15 rings (SSSR count). The highest BCUT2D eigenvalue weighted by atomic mass is 15.2. The van der Waals surface area contributed by atoms with Crippen molar-refractivity contribution in [1.82, 2.24) is 9.13 Å². The second-order valence-corrected chi connectivity index (χ2v) is 21.7. The summed E-state index contributed by atoms with van der Waals surface area (Å²) in [7, 11) is 0. The van der Waals surface area contributed by atoms with E-state index in [1.54, 1.807) is 0 Å². The number of rotatable bonds is 2. The van der Waals surface area contributed by atoms with Crippen molar-refractivity contribution >= 4 is 124 Å². The van der Waals surface area contributed by atoms with Crippen LogP contribution in [0.15, 0.2) is 182 Å². The Kier molecular flexibility index (Phi) is 7.37. The molecule has 0 amide bonds. The molecule has 0 unspecified atom stereocenters. The highest BCUT2D eigenvalue weighted by Crippen LogP contribution is 2.47. The van der Waals surface area contributed by atoms with Gasteiger partial charge in [0, 0.05) is 78.1 Å². The third-order valence-corrected chi connectivity index (χ3v) is 15.9. The first-order valence-corrected chi connectivity index (χ1v) is 24.3. The lowest BCUT2D eigenvalue weighted by Crippen LogP contribution is -2.60. The van der Waals surface area contributed by atoms with Gasteiger partial charge in [-0.05, 0) is 140 Å². The van der Waals surface area contributed by atoms with Crippen LogP contribution >= 0.6 is 0 Å². The Labute approximate surface area is 397 Å². The van der Waals surface area contributed by atoms with Crippen molar-refractivity contribution in [2.75, 3.05) is 9.80 Å². The molecule has 0 saturated heterocycles. The van der Waals surface area contributed by atoms with E-state index in [4.69, 9.17) is 0 Å². The first-order valence-electron chi connectivity index (χ1n) is 24.3. The molecule has 9 aromatic carbocycles. The molecule has 6 heteroatoms. The summed E-state index contributed by atoms with van der Waals surface area (Å²) in [6.07, 6.45) is 0. The monoisotopic (exact) mass is 870 g/mol. The number of aromatic nitrogens is 2. The van der Waals surface area contributed by atoms with Crippen LogP contribution in [0.4, 0.5) is 34.1 Å². The first kappa shape index (κ1) is 38.4. The Morgan fingerprint density at radius 2 is 0.706 bits per heavy atom. The van der Waals surface area contributed by atoms with E-state index >= 15 is 0 Å². The highest BCUT2D eigenvalue weighted by molar-refractivity contribution is 7.01. The minimum absolute atomic E-state index is 0.0643. The van der Waals surface area contributed by atoms with Crippen LogP contribution < -0.4 is 42.6 Å². The quantitative estimate of drug-likeness (QED) is 0.161. The standard InChI is InChI=1S/C62H48B2N4/c1-61(2,3)37-31-43-41-35-42-44-32-38(62(4,5)6)34-48-60(44)68(54-30-18-28-52-58(54)64(48)46-24-14-16-26-50(46)66(52)40-21-11-8-12-22-40)56(42)36-55(41)67-53-29-17-27-51-57(53)63(47(33-37)59(43)67)45-23-13-15-25-49(45)65(51)39-19-9-7-10-20-39/h7-36H,1-6H3. The molecule has 11 aromatic rings. The van der Waals surface area contributed by atoms with Gasteiger partial charge < -0.3 is 18.9 Å². The molecule has 4 aliphatic rings. The topological polar surface area (TPSA) is 16.3 Å². The summed E-state index contributed by atoms with van der Waals surface area (Å²) in [6.45, 7) is 14.4. The Bertz CT molecular complexity index is 3760. The minimum Gasteiger partial charge on any atom is -0.311 e. The van der Waals surface area contributed by atoms with E-state index in [0.717, 1.165) is 0 Å². The summed E-state index contributed by atoms with van der Waals surface area (Å²) in [6, 6.07) is 69.4. The molecule has 0 bridgehead atoms. The van der Waals surface area contributed by atoms with Crippen LogP contribution in [0, 0.1) is 0 Å². The molecule has 4 nitrogen and oxygen atoms in total. The molecular weight excluding hydrogens is 822 g/mol. The molecule has 0 spiro atoms. The predicted octanol–water partition coefficient (Wildman–Crippen LogP) is 11.7. The maximum Gasteiger partial charge on any atom is 0.252 e. The zero-order valence-electron chi connectivity index (χ0n) is 39.3. The number of fused-ring (bicyclic) bond motifs is 14. The average molecular weight is 871 g/mol. The summed E-state index contributed by atoms with van der Waals surface area (Å²) in [5.41, 5.74) is 25.8. The SMILES string of the molecule is CC(C)(C)c1cc2c3c(c1)c1cc4c5cc(C(C)(C)C)cc6c5n(c4cc1n3-c1cccc3c1B2c1ccccc1N3c1ccccc1)-c1cccc2c1B6c1ccccc1N2c1ccccc1. The van der Waals surface area contributed by atoms with Crippen LogP contribution in [-0.2, 0) is 10.8 Å². The van der Waals surface area contributed by atoms with Crippen LogP contribution in [0.5, 0.6) is 0 Å². The average Bonchev–Trinajstić information content (AvgIpc) is 3.85. The summed E-state index contributed by atoms with van der Waals surface area (Å²) < 4.78 is 5.29. The lowest BCUT2D eigenvalue weighted by atomic mass is 9.33. The van der Waals surface area contributed by atoms with Crippen molar-refractivity contribution in [2.45, 2.75) is 52.4 Å². The van der Waals surface area contributed by atoms with Crippen molar-refractivity contribution in [3.8, 4) is 11.4 Å². The molecule has 0 radical (unpaired) electrons. The molecule has 4 aliphatic heterocycles. The molecule has 322 valence electrons. The van der Waals surface area contributed by atoms with Crippen LogP contribution in [0.3, 0.4) is 0 Å². The lowest BCUT2D eigenvalue weighted by Gasteiger charge is -2.40. The van der Waals surface area contributed by atoms with Gasteiger partial charge in [0.2, 0.25) is 0 Å². The molecule has 0 aliphatic carbocycles. The van der Waals surface area contributed by atoms with E-state index in [1.807, 2.05) is 0 Å². The number of hydrogen-bond donors (Lipinski definition) is 0. The van der Waals surface area contributed by atoms with Crippen molar-refractivity contribution < 1.29 is 0 Å². The fraction of sp³-hybridized carbons (Fsp3) is 0.129. The fourth-order valence-corrected chi connectivity index (χ4v) is 12.9. The van der Waals surface area contributed by atoms with E-state index in [1.165, 1.54) is 133 Å². The van der Waals surface area contributed by atoms with Gasteiger partial charge >= 0.3 is 0 Å². The zero-order valence-corrected chi connectivity index (χ0v) is 39.3. The Hall–Kier alpha value is -7.69. The number of benzene rings is 9. The molecule has 0 saturated carbocycles. The van der Waals surface area contributed by atoms with Crippen LogP contribution in [0.2, 0.25) is 0 Å². The van der Waals surface area contributed by atoms with E-state index in [-0.39, 0.29) is 24.3 Å². The molecule has 6 heterocycles. The van der Waals surface area contributed by atoms with Crippen molar-refractivity contribution in [2.24, 2.45) is 0 Å². The maximum absolute atomic E-state index is 2.64. The normalized spacial score (nSPS) is 14.2. The molecule has 68 heavy (non-hydrogen) atoms. The van der Waals surface area contributed by atoms with Crippen molar-refractivity contribution in [3.63, 3.8) is 0 Å². The first-order chi connectivity index (χ1) is 33.0. The molecule has 2 aromatic heterocycles. The van der Waals surface area contributed by atoms with E-state index < -0.39 is 0 Å². The Morgan fingerprint density at radius 3 is 1.13 bits per heavy atom. The van der Waals surface area contributed by atoms with Gasteiger partial charge in [-0.15, -0.1) is 0 Å². The van der Waals surface area contributed by atoms with Gasteiger partial charge in [-0.3, -0.25) is 0 Å². The fourth-order valence-electron chi connectivity index (χ4n) is 12.9. The highest BCUT2D eigenvalue weighted by Gasteiger charge is 2.45. The molecule has 0 atom stereocenters. The third kappa shape index (κ3) is 4.87. The van der Waals surface area contributed by atoms with E-state index in [9.17, 15) is 0 Å². The second kappa shape index (κ2) is 13.0. The Balaban J connectivity index is 1.10. The second-order valence-electron chi connectivity index (χ2n) is 21.7. The summed E-state index contributed by atoms with van der Waals surface area (Å²) in [5.74, 6) is 0. The van der Waals surface area contributed by atoms with E-state index in [2.05, 4.69) is 242 Å². The maximum atomic E-state index is 2.64. The number of hydrogen-bond acceptors (Lipinski definition) is 2. The van der Waals surface area contributed by atoms with Gasteiger partial charge in [0.05, 0.1) is 11.0 Å². The van der Waals surface area contributed by atoms with Gasteiger partial charge in [-0.2, -0.15) is 0 Å². The summed E-state index contributed by atoms with van der Waals surface area (Å²) in [4.78, 5) is 4.99. The number of nitrogens with zero attached hydrogens (tertiary/aromatic N) is 4. The largest absolute Gasteiger partial charge is 0.311 e. The van der Waals surface area contributed by atoms with Crippen molar-refractivity contribution in [3.05, 3.63) is 193 Å². The number of para-hydroxylation sites is 4. The van der Waals surface area contributed by atoms with Gasteiger partial charge in [0.25, 0.3) is 13.4 Å². The third-order valence-electron chi connectivity index (χ3n) is 15.9. The summed E-state index contributed by atoms with van der Waals surface area (Å²) >= 11 is 0. The van der Waals surface area contributed by atoms with Gasteiger partial charge in [0.1, 0.15) is 0 Å². The van der Waals surface area contributed by atoms with Crippen LogP contribution in [0.1, 0.15) is 52.7 Å². The van der Waals surface area contributed by atoms with Crippen LogP contribution in [-0.4, -0.2) is 22.6 Å². The number of anilines is 6. The zero-order chi connectivity index (χ0) is 45.5. The van der Waals surface area contributed by atoms with Crippen molar-refractivity contribution in [1.29, 1.82) is 0 Å². The Morgan fingerprint density at radius 1 is 0.324 bits per heavy atom. The predicted molar refractivity (Wildman–Crippen MR) is 291 cm³/mol. The van der Waals surface area contributed by atoms with Gasteiger partial charge in [0.15, 0.2) is 0 Å².